The van der Waals surface area contributed by atoms with Crippen LogP contribution in [-0.4, -0.2) is 29.3 Å². The summed E-state index contributed by atoms with van der Waals surface area (Å²) in [5, 5.41) is 7.19. The predicted octanol–water partition coefficient (Wildman–Crippen LogP) is 4.28. The second kappa shape index (κ2) is 6.65. The fourth-order valence-electron chi connectivity index (χ4n) is 2.96. The molecule has 2 aromatic heterocycles. The van der Waals surface area contributed by atoms with Crippen LogP contribution in [0.4, 0.5) is 5.13 Å². The second-order valence-electron chi connectivity index (χ2n) is 6.38. The monoisotopic (exact) mass is 393 g/mol. The summed E-state index contributed by atoms with van der Waals surface area (Å²) in [5.74, 6) is 1.44. The fraction of sp³-hybridized carbons (Fsp3) is 0.150. The van der Waals surface area contributed by atoms with Gasteiger partial charge in [0.15, 0.2) is 28.1 Å². The second-order valence-corrected chi connectivity index (χ2v) is 7.41. The maximum absolute atomic E-state index is 12.5. The highest BCUT2D eigenvalue weighted by molar-refractivity contribution is 7.22. The molecule has 4 aromatic rings. The minimum atomic E-state index is -0.372. The molecule has 1 aliphatic heterocycles. The van der Waals surface area contributed by atoms with E-state index in [4.69, 9.17) is 14.0 Å². The lowest BCUT2D eigenvalue weighted by atomic mass is 10.1. The third kappa shape index (κ3) is 3.07. The molecule has 0 unspecified atom stereocenters. The van der Waals surface area contributed by atoms with E-state index in [1.165, 1.54) is 11.3 Å². The largest absolute Gasteiger partial charge is 0.486 e. The summed E-state index contributed by atoms with van der Waals surface area (Å²) in [6, 6.07) is 13.0. The lowest BCUT2D eigenvalue weighted by Crippen LogP contribution is -2.15. The quantitative estimate of drug-likeness (QED) is 0.559. The van der Waals surface area contributed by atoms with Crippen LogP contribution in [0.5, 0.6) is 11.5 Å². The van der Waals surface area contributed by atoms with Gasteiger partial charge in [-0.2, -0.15) is 0 Å². The van der Waals surface area contributed by atoms with Gasteiger partial charge in [0.25, 0.3) is 5.91 Å². The first-order chi connectivity index (χ1) is 13.7. The summed E-state index contributed by atoms with van der Waals surface area (Å²) in [4.78, 5) is 17.0. The highest BCUT2D eigenvalue weighted by Gasteiger charge is 2.18. The Morgan fingerprint density at radius 1 is 1.07 bits per heavy atom. The molecule has 7 nitrogen and oxygen atoms in total. The van der Waals surface area contributed by atoms with Crippen molar-refractivity contribution < 1.29 is 18.8 Å². The SMILES string of the molecule is Cc1ccc2nc(NC(=O)c3cc(-c4ccc5c(c4)OCCO5)on3)sc2c1. The standard InChI is InChI=1S/C20H15N3O4S/c1-11-2-4-13-18(8-11)28-20(21-13)22-19(24)14-10-16(27-23-14)12-3-5-15-17(9-12)26-7-6-25-15/h2-5,8-10H,6-7H2,1H3,(H,21,22,24). The molecule has 0 radical (unpaired) electrons. The molecule has 1 N–H and O–H groups in total. The number of anilines is 1. The van der Waals surface area contributed by atoms with E-state index in [-0.39, 0.29) is 11.6 Å². The average Bonchev–Trinajstić information content (AvgIpc) is 3.34. The lowest BCUT2D eigenvalue weighted by molar-refractivity contribution is 0.101. The molecule has 140 valence electrons. The topological polar surface area (TPSA) is 86.5 Å². The Labute approximate surface area is 163 Å². The molecule has 0 spiro atoms. The van der Waals surface area contributed by atoms with E-state index in [0.717, 1.165) is 21.3 Å². The van der Waals surface area contributed by atoms with E-state index < -0.39 is 0 Å². The maximum atomic E-state index is 12.5. The van der Waals surface area contributed by atoms with Crippen LogP contribution in [0.2, 0.25) is 0 Å². The number of amides is 1. The molecular weight excluding hydrogens is 378 g/mol. The van der Waals surface area contributed by atoms with Gasteiger partial charge in [-0.05, 0) is 42.8 Å². The van der Waals surface area contributed by atoms with Crippen molar-refractivity contribution in [3.05, 3.63) is 53.7 Å². The van der Waals surface area contributed by atoms with Crippen LogP contribution in [0, 0.1) is 6.92 Å². The smallest absolute Gasteiger partial charge is 0.279 e. The summed E-state index contributed by atoms with van der Waals surface area (Å²) in [6.07, 6.45) is 0. The number of fused-ring (bicyclic) bond motifs is 2. The molecule has 0 fully saturated rings. The number of carbonyl (C=O) groups excluding carboxylic acids is 1. The molecule has 8 heteroatoms. The van der Waals surface area contributed by atoms with Crippen molar-refractivity contribution in [3.63, 3.8) is 0 Å². The fourth-order valence-corrected chi connectivity index (χ4v) is 3.92. The van der Waals surface area contributed by atoms with Crippen LogP contribution >= 0.6 is 11.3 Å². The first kappa shape index (κ1) is 16.8. The number of nitrogens with one attached hydrogen (secondary N) is 1. The van der Waals surface area contributed by atoms with Crippen molar-refractivity contribution in [2.45, 2.75) is 6.92 Å². The van der Waals surface area contributed by atoms with E-state index in [1.54, 1.807) is 6.07 Å². The van der Waals surface area contributed by atoms with Gasteiger partial charge in [-0.3, -0.25) is 10.1 Å². The Morgan fingerprint density at radius 2 is 1.93 bits per heavy atom. The molecule has 0 saturated heterocycles. The zero-order valence-electron chi connectivity index (χ0n) is 14.9. The van der Waals surface area contributed by atoms with Gasteiger partial charge in [0.2, 0.25) is 0 Å². The van der Waals surface area contributed by atoms with Gasteiger partial charge < -0.3 is 14.0 Å². The zero-order valence-corrected chi connectivity index (χ0v) is 15.7. The molecule has 2 aromatic carbocycles. The van der Waals surface area contributed by atoms with Crippen molar-refractivity contribution in [1.29, 1.82) is 0 Å². The highest BCUT2D eigenvalue weighted by atomic mass is 32.1. The first-order valence-corrected chi connectivity index (χ1v) is 9.53. The predicted molar refractivity (Wildman–Crippen MR) is 105 cm³/mol. The van der Waals surface area contributed by atoms with Crippen LogP contribution < -0.4 is 14.8 Å². The Bertz CT molecular complexity index is 1200. The normalized spacial score (nSPS) is 12.9. The van der Waals surface area contributed by atoms with E-state index in [0.29, 0.717) is 35.6 Å². The van der Waals surface area contributed by atoms with Crippen LogP contribution in [0.15, 0.2) is 47.0 Å². The molecule has 0 aliphatic carbocycles. The number of aromatic nitrogens is 2. The summed E-state index contributed by atoms with van der Waals surface area (Å²) in [6.45, 7) is 3.05. The number of carbonyl (C=O) groups is 1. The van der Waals surface area contributed by atoms with Gasteiger partial charge in [0.05, 0.1) is 10.2 Å². The third-order valence-electron chi connectivity index (χ3n) is 4.33. The number of nitrogens with zero attached hydrogens (tertiary/aromatic N) is 2. The summed E-state index contributed by atoms with van der Waals surface area (Å²) < 4.78 is 17.5. The maximum Gasteiger partial charge on any atom is 0.279 e. The summed E-state index contributed by atoms with van der Waals surface area (Å²) in [5.41, 5.74) is 2.93. The minimum absolute atomic E-state index is 0.181. The van der Waals surface area contributed by atoms with E-state index in [9.17, 15) is 4.79 Å². The number of hydrogen-bond donors (Lipinski definition) is 1. The highest BCUT2D eigenvalue weighted by Crippen LogP contribution is 2.35. The number of ether oxygens (including phenoxy) is 2. The van der Waals surface area contributed by atoms with Gasteiger partial charge in [-0.15, -0.1) is 0 Å². The molecule has 0 saturated carbocycles. The van der Waals surface area contributed by atoms with Gasteiger partial charge in [0.1, 0.15) is 13.2 Å². The van der Waals surface area contributed by atoms with E-state index in [2.05, 4.69) is 15.5 Å². The van der Waals surface area contributed by atoms with Gasteiger partial charge >= 0.3 is 0 Å². The van der Waals surface area contributed by atoms with Crippen molar-refractivity contribution in [1.82, 2.24) is 10.1 Å². The molecule has 5 rings (SSSR count). The minimum Gasteiger partial charge on any atom is -0.486 e. The Balaban J connectivity index is 1.37. The molecule has 1 aliphatic rings. The number of rotatable bonds is 3. The molecular formula is C20H15N3O4S. The number of hydrogen-bond acceptors (Lipinski definition) is 7. The summed E-state index contributed by atoms with van der Waals surface area (Å²) >= 11 is 1.42. The summed E-state index contributed by atoms with van der Waals surface area (Å²) in [7, 11) is 0. The number of benzene rings is 2. The molecule has 0 bridgehead atoms. The first-order valence-electron chi connectivity index (χ1n) is 8.71. The Kier molecular flexibility index (Phi) is 3.98. The molecule has 1 amide bonds. The van der Waals surface area contributed by atoms with Crippen LogP contribution in [0.1, 0.15) is 16.1 Å². The Hall–Kier alpha value is -3.39. The van der Waals surface area contributed by atoms with E-state index in [1.807, 2.05) is 43.3 Å². The van der Waals surface area contributed by atoms with Crippen molar-refractivity contribution in [3.8, 4) is 22.8 Å². The number of aryl methyl sites for hydroxylation is 1. The molecule has 28 heavy (non-hydrogen) atoms. The number of thiazole rings is 1. The third-order valence-corrected chi connectivity index (χ3v) is 5.27. The van der Waals surface area contributed by atoms with Crippen molar-refractivity contribution in [2.75, 3.05) is 18.5 Å². The van der Waals surface area contributed by atoms with Gasteiger partial charge in [-0.25, -0.2) is 4.98 Å². The zero-order chi connectivity index (χ0) is 19.1. The van der Waals surface area contributed by atoms with Crippen LogP contribution in [-0.2, 0) is 0 Å². The van der Waals surface area contributed by atoms with Gasteiger partial charge in [0, 0.05) is 11.6 Å². The van der Waals surface area contributed by atoms with E-state index >= 15 is 0 Å². The molecule has 0 atom stereocenters. The van der Waals surface area contributed by atoms with Crippen LogP contribution in [0.3, 0.4) is 0 Å². The van der Waals surface area contributed by atoms with Crippen molar-refractivity contribution >= 4 is 32.6 Å². The molecule has 3 heterocycles. The van der Waals surface area contributed by atoms with Crippen molar-refractivity contribution in [2.24, 2.45) is 0 Å². The van der Waals surface area contributed by atoms with Gasteiger partial charge in [-0.1, -0.05) is 22.6 Å². The van der Waals surface area contributed by atoms with Crippen LogP contribution in [0.25, 0.3) is 21.5 Å². The Morgan fingerprint density at radius 3 is 2.82 bits per heavy atom. The average molecular weight is 393 g/mol. The lowest BCUT2D eigenvalue weighted by Gasteiger charge is -2.18.